The molecule has 0 spiro atoms. The highest BCUT2D eigenvalue weighted by Gasteiger charge is 2.34. The van der Waals surface area contributed by atoms with Gasteiger partial charge in [0.05, 0.1) is 5.54 Å². The first-order chi connectivity index (χ1) is 10.7. The molecule has 0 atom stereocenters. The van der Waals surface area contributed by atoms with E-state index >= 15 is 0 Å². The van der Waals surface area contributed by atoms with Crippen LogP contribution in [0.1, 0.15) is 37.7 Å². The van der Waals surface area contributed by atoms with E-state index in [9.17, 15) is 4.79 Å². The molecule has 3 rings (SSSR count). The third-order valence-corrected chi connectivity index (χ3v) is 4.23. The van der Waals surface area contributed by atoms with Crippen molar-refractivity contribution in [1.29, 1.82) is 0 Å². The van der Waals surface area contributed by atoms with Crippen molar-refractivity contribution in [2.24, 2.45) is 5.73 Å². The SMILES string of the molecule is NC1(C(=O)NCc2ccnc(-n3ccnc3)c2)CCCCC1. The van der Waals surface area contributed by atoms with E-state index in [-0.39, 0.29) is 5.91 Å². The van der Waals surface area contributed by atoms with Crippen LogP contribution >= 0.6 is 0 Å². The van der Waals surface area contributed by atoms with E-state index in [4.69, 9.17) is 5.73 Å². The van der Waals surface area contributed by atoms with Crippen LogP contribution in [-0.2, 0) is 11.3 Å². The van der Waals surface area contributed by atoms with Gasteiger partial charge in [-0.3, -0.25) is 9.36 Å². The van der Waals surface area contributed by atoms with Gasteiger partial charge < -0.3 is 11.1 Å². The van der Waals surface area contributed by atoms with E-state index < -0.39 is 5.54 Å². The summed E-state index contributed by atoms with van der Waals surface area (Å²) in [6, 6.07) is 3.83. The Kier molecular flexibility index (Phi) is 4.20. The van der Waals surface area contributed by atoms with Gasteiger partial charge in [0.2, 0.25) is 5.91 Å². The largest absolute Gasteiger partial charge is 0.350 e. The summed E-state index contributed by atoms with van der Waals surface area (Å²) in [7, 11) is 0. The summed E-state index contributed by atoms with van der Waals surface area (Å²) in [6.07, 6.45) is 11.7. The highest BCUT2D eigenvalue weighted by Crippen LogP contribution is 2.26. The topological polar surface area (TPSA) is 85.8 Å². The summed E-state index contributed by atoms with van der Waals surface area (Å²) in [5, 5.41) is 2.97. The number of rotatable bonds is 4. The summed E-state index contributed by atoms with van der Waals surface area (Å²) in [6.45, 7) is 0.460. The van der Waals surface area contributed by atoms with Crippen molar-refractivity contribution in [2.45, 2.75) is 44.2 Å². The monoisotopic (exact) mass is 299 g/mol. The third kappa shape index (κ3) is 3.17. The number of pyridine rings is 1. The maximum Gasteiger partial charge on any atom is 0.240 e. The number of imidazole rings is 1. The minimum absolute atomic E-state index is 0.0480. The first-order valence-corrected chi connectivity index (χ1v) is 7.68. The molecule has 0 aliphatic heterocycles. The van der Waals surface area contributed by atoms with Crippen molar-refractivity contribution in [3.05, 3.63) is 42.6 Å². The van der Waals surface area contributed by atoms with Crippen LogP contribution < -0.4 is 11.1 Å². The van der Waals surface area contributed by atoms with Crippen LogP contribution in [0, 0.1) is 0 Å². The van der Waals surface area contributed by atoms with Gasteiger partial charge in [0, 0.05) is 25.1 Å². The second-order valence-corrected chi connectivity index (χ2v) is 5.89. The Balaban J connectivity index is 1.64. The van der Waals surface area contributed by atoms with Gasteiger partial charge in [-0.25, -0.2) is 9.97 Å². The van der Waals surface area contributed by atoms with Crippen LogP contribution in [0.25, 0.3) is 5.82 Å². The number of carbonyl (C=O) groups excluding carboxylic acids is 1. The molecular weight excluding hydrogens is 278 g/mol. The molecular formula is C16H21N5O. The Morgan fingerprint density at radius 1 is 1.32 bits per heavy atom. The van der Waals surface area contributed by atoms with E-state index in [0.29, 0.717) is 6.54 Å². The lowest BCUT2D eigenvalue weighted by Gasteiger charge is -2.31. The molecule has 2 aromatic rings. The number of nitrogens with one attached hydrogen (secondary N) is 1. The summed E-state index contributed by atoms with van der Waals surface area (Å²) >= 11 is 0. The van der Waals surface area contributed by atoms with Gasteiger partial charge in [0.1, 0.15) is 12.1 Å². The van der Waals surface area contributed by atoms with Gasteiger partial charge in [-0.05, 0) is 30.5 Å². The molecule has 2 heterocycles. The Hall–Kier alpha value is -2.21. The highest BCUT2D eigenvalue weighted by molar-refractivity contribution is 5.86. The first kappa shape index (κ1) is 14.7. The minimum atomic E-state index is -0.696. The molecule has 22 heavy (non-hydrogen) atoms. The predicted molar refractivity (Wildman–Crippen MR) is 83.2 cm³/mol. The maximum absolute atomic E-state index is 12.3. The zero-order chi connectivity index (χ0) is 15.4. The van der Waals surface area contributed by atoms with Crippen LogP contribution in [-0.4, -0.2) is 26.0 Å². The average Bonchev–Trinajstić information content (AvgIpc) is 3.08. The molecule has 6 heteroatoms. The van der Waals surface area contributed by atoms with Crippen LogP contribution in [0.4, 0.5) is 0 Å². The van der Waals surface area contributed by atoms with Gasteiger partial charge in [-0.15, -0.1) is 0 Å². The fraction of sp³-hybridized carbons (Fsp3) is 0.438. The van der Waals surface area contributed by atoms with Crippen molar-refractivity contribution in [3.63, 3.8) is 0 Å². The van der Waals surface area contributed by atoms with E-state index in [0.717, 1.165) is 37.1 Å². The summed E-state index contributed by atoms with van der Waals surface area (Å²) < 4.78 is 1.83. The molecule has 1 aliphatic rings. The van der Waals surface area contributed by atoms with E-state index in [2.05, 4.69) is 15.3 Å². The molecule has 2 aromatic heterocycles. The smallest absolute Gasteiger partial charge is 0.240 e. The molecule has 1 saturated carbocycles. The Labute approximate surface area is 129 Å². The number of hydrogen-bond acceptors (Lipinski definition) is 4. The fourth-order valence-corrected chi connectivity index (χ4v) is 2.87. The molecule has 0 saturated heterocycles. The normalized spacial score (nSPS) is 17.1. The Morgan fingerprint density at radius 2 is 2.14 bits per heavy atom. The van der Waals surface area contributed by atoms with Crippen LogP contribution in [0.5, 0.6) is 0 Å². The van der Waals surface area contributed by atoms with Gasteiger partial charge in [0.15, 0.2) is 0 Å². The van der Waals surface area contributed by atoms with Crippen molar-refractivity contribution in [2.75, 3.05) is 0 Å². The second-order valence-electron chi connectivity index (χ2n) is 5.89. The standard InChI is InChI=1S/C16H21N5O/c17-16(5-2-1-3-6-16)15(22)20-11-13-4-7-19-14(10-13)21-9-8-18-12-21/h4,7-10,12H,1-3,5-6,11,17H2,(H,20,22). The van der Waals surface area contributed by atoms with Crippen molar-refractivity contribution < 1.29 is 4.79 Å². The second kappa shape index (κ2) is 6.27. The highest BCUT2D eigenvalue weighted by atomic mass is 16.2. The molecule has 1 aliphatic carbocycles. The number of aromatic nitrogens is 3. The van der Waals surface area contributed by atoms with Crippen molar-refractivity contribution >= 4 is 5.91 Å². The number of nitrogens with two attached hydrogens (primary N) is 1. The summed E-state index contributed by atoms with van der Waals surface area (Å²) in [4.78, 5) is 20.6. The fourth-order valence-electron chi connectivity index (χ4n) is 2.87. The average molecular weight is 299 g/mol. The van der Waals surface area contributed by atoms with Crippen LogP contribution in [0.3, 0.4) is 0 Å². The third-order valence-electron chi connectivity index (χ3n) is 4.23. The molecule has 116 valence electrons. The van der Waals surface area contributed by atoms with Gasteiger partial charge in [0.25, 0.3) is 0 Å². The molecule has 0 bridgehead atoms. The van der Waals surface area contributed by atoms with E-state index in [1.165, 1.54) is 6.42 Å². The molecule has 1 fully saturated rings. The van der Waals surface area contributed by atoms with E-state index in [1.807, 2.05) is 22.9 Å². The molecule has 1 amide bonds. The summed E-state index contributed by atoms with van der Waals surface area (Å²) in [5.74, 6) is 0.734. The predicted octanol–water partition coefficient (Wildman–Crippen LogP) is 1.55. The number of amides is 1. The number of carbonyl (C=O) groups is 1. The molecule has 0 unspecified atom stereocenters. The lowest BCUT2D eigenvalue weighted by Crippen LogP contribution is -2.54. The van der Waals surface area contributed by atoms with Gasteiger partial charge in [-0.1, -0.05) is 19.3 Å². The van der Waals surface area contributed by atoms with Gasteiger partial charge in [-0.2, -0.15) is 0 Å². The van der Waals surface area contributed by atoms with E-state index in [1.54, 1.807) is 18.7 Å². The maximum atomic E-state index is 12.3. The zero-order valence-corrected chi connectivity index (χ0v) is 12.5. The Bertz CT molecular complexity index is 632. The first-order valence-electron chi connectivity index (χ1n) is 7.68. The number of nitrogens with zero attached hydrogens (tertiary/aromatic N) is 3. The minimum Gasteiger partial charge on any atom is -0.350 e. The zero-order valence-electron chi connectivity index (χ0n) is 12.5. The lowest BCUT2D eigenvalue weighted by molar-refractivity contribution is -0.127. The molecule has 3 N–H and O–H groups in total. The van der Waals surface area contributed by atoms with Gasteiger partial charge >= 0.3 is 0 Å². The van der Waals surface area contributed by atoms with Crippen LogP contribution in [0.15, 0.2) is 37.1 Å². The van der Waals surface area contributed by atoms with Crippen molar-refractivity contribution in [1.82, 2.24) is 19.9 Å². The molecule has 0 aromatic carbocycles. The summed E-state index contributed by atoms with van der Waals surface area (Å²) in [5.41, 5.74) is 6.53. The molecule has 0 radical (unpaired) electrons. The molecule has 6 nitrogen and oxygen atoms in total. The Morgan fingerprint density at radius 3 is 2.86 bits per heavy atom. The quantitative estimate of drug-likeness (QED) is 0.897. The van der Waals surface area contributed by atoms with Crippen LogP contribution in [0.2, 0.25) is 0 Å². The van der Waals surface area contributed by atoms with Crippen molar-refractivity contribution in [3.8, 4) is 5.82 Å². The number of hydrogen-bond donors (Lipinski definition) is 2. The lowest BCUT2D eigenvalue weighted by atomic mass is 9.82.